The lowest BCUT2D eigenvalue weighted by atomic mass is 9.95. The summed E-state index contributed by atoms with van der Waals surface area (Å²) in [4.78, 5) is 12.2. The van der Waals surface area contributed by atoms with Gasteiger partial charge in [0.1, 0.15) is 5.75 Å². The highest BCUT2D eigenvalue weighted by Crippen LogP contribution is 2.21. The summed E-state index contributed by atoms with van der Waals surface area (Å²) in [5, 5.41) is 3.13. The first-order valence-corrected chi connectivity index (χ1v) is 8.50. The van der Waals surface area contributed by atoms with Gasteiger partial charge in [-0.15, -0.1) is 0 Å². The van der Waals surface area contributed by atoms with Crippen LogP contribution in [0.3, 0.4) is 0 Å². The molecule has 0 bridgehead atoms. The molecule has 1 aromatic rings. The average Bonchev–Trinajstić information content (AvgIpc) is 2.57. The molecule has 0 radical (unpaired) electrons. The Labute approximate surface area is 132 Å². The van der Waals surface area contributed by atoms with Gasteiger partial charge in [-0.1, -0.05) is 19.3 Å². The molecule has 120 valence electrons. The van der Waals surface area contributed by atoms with Gasteiger partial charge in [-0.2, -0.15) is 0 Å². The largest absolute Gasteiger partial charge is 0.465 e. The number of rotatable bonds is 4. The second-order valence-electron chi connectivity index (χ2n) is 6.25. The number of hydrogen-bond acceptors (Lipinski definition) is 3. The third-order valence-corrected chi connectivity index (χ3v) is 4.46. The summed E-state index contributed by atoms with van der Waals surface area (Å²) in [5.41, 5.74) is 0.697. The Morgan fingerprint density at radius 2 is 1.73 bits per heavy atom. The van der Waals surface area contributed by atoms with E-state index in [-0.39, 0.29) is 12.2 Å². The zero-order valence-electron chi connectivity index (χ0n) is 13.1. The normalized spacial score (nSPS) is 23.0. The number of nitrogens with one attached hydrogen (secondary N) is 1. The smallest absolute Gasteiger partial charge is 0.251 e. The number of hydrogen-bond donors (Lipinski definition) is 1. The Kier molecular flexibility index (Phi) is 5.33. The van der Waals surface area contributed by atoms with Gasteiger partial charge < -0.3 is 14.8 Å². The molecular weight excluding hydrogens is 278 g/mol. The molecule has 1 atom stereocenters. The lowest BCUT2D eigenvalue weighted by molar-refractivity contribution is -0.105. The van der Waals surface area contributed by atoms with Crippen LogP contribution in [0.4, 0.5) is 0 Å². The van der Waals surface area contributed by atoms with E-state index in [0.29, 0.717) is 11.6 Å². The minimum absolute atomic E-state index is 0.0207. The first kappa shape index (κ1) is 15.3. The number of ether oxygens (including phenoxy) is 2. The van der Waals surface area contributed by atoms with Crippen LogP contribution < -0.4 is 10.1 Å². The van der Waals surface area contributed by atoms with Crippen LogP contribution >= 0.6 is 0 Å². The average molecular weight is 303 g/mol. The summed E-state index contributed by atoms with van der Waals surface area (Å²) in [6.07, 6.45) is 8.99. The van der Waals surface area contributed by atoms with Crippen LogP contribution in [0.1, 0.15) is 61.7 Å². The maximum atomic E-state index is 12.2. The fourth-order valence-electron chi connectivity index (χ4n) is 3.16. The molecule has 1 aromatic carbocycles. The van der Waals surface area contributed by atoms with Crippen LogP contribution in [0.15, 0.2) is 24.3 Å². The van der Waals surface area contributed by atoms with Crippen molar-refractivity contribution in [1.82, 2.24) is 5.32 Å². The molecule has 3 rings (SSSR count). The van der Waals surface area contributed by atoms with E-state index >= 15 is 0 Å². The molecule has 2 fully saturated rings. The summed E-state index contributed by atoms with van der Waals surface area (Å²) >= 11 is 0. The summed E-state index contributed by atoms with van der Waals surface area (Å²) < 4.78 is 11.3. The van der Waals surface area contributed by atoms with Gasteiger partial charge >= 0.3 is 0 Å². The molecule has 1 unspecified atom stereocenters. The van der Waals surface area contributed by atoms with Gasteiger partial charge in [-0.3, -0.25) is 4.79 Å². The predicted molar refractivity (Wildman–Crippen MR) is 85.0 cm³/mol. The maximum Gasteiger partial charge on any atom is 0.251 e. The van der Waals surface area contributed by atoms with Gasteiger partial charge in [-0.05, 0) is 49.9 Å². The van der Waals surface area contributed by atoms with Gasteiger partial charge in [0.15, 0.2) is 6.29 Å². The second-order valence-corrected chi connectivity index (χ2v) is 6.25. The Bertz CT molecular complexity index is 474. The van der Waals surface area contributed by atoms with Crippen molar-refractivity contribution in [2.75, 3.05) is 6.61 Å². The van der Waals surface area contributed by atoms with Gasteiger partial charge in [0, 0.05) is 18.0 Å². The van der Waals surface area contributed by atoms with Crippen molar-refractivity contribution in [3.8, 4) is 5.75 Å². The van der Waals surface area contributed by atoms with E-state index in [1.807, 2.05) is 24.3 Å². The lowest BCUT2D eigenvalue weighted by Gasteiger charge is -2.24. The molecule has 1 N–H and O–H groups in total. The van der Waals surface area contributed by atoms with E-state index in [0.717, 1.165) is 44.5 Å². The van der Waals surface area contributed by atoms with Gasteiger partial charge in [-0.25, -0.2) is 0 Å². The summed E-state index contributed by atoms with van der Waals surface area (Å²) in [6.45, 7) is 0.770. The summed E-state index contributed by atoms with van der Waals surface area (Å²) in [7, 11) is 0. The Balaban J connectivity index is 1.52. The second kappa shape index (κ2) is 7.63. The van der Waals surface area contributed by atoms with E-state index in [9.17, 15) is 4.79 Å². The number of benzene rings is 1. The van der Waals surface area contributed by atoms with Crippen LogP contribution in [-0.2, 0) is 4.74 Å². The van der Waals surface area contributed by atoms with E-state index in [4.69, 9.17) is 9.47 Å². The Morgan fingerprint density at radius 3 is 2.41 bits per heavy atom. The van der Waals surface area contributed by atoms with Crippen molar-refractivity contribution in [2.45, 2.75) is 63.7 Å². The fourth-order valence-corrected chi connectivity index (χ4v) is 3.16. The maximum absolute atomic E-state index is 12.2. The molecule has 22 heavy (non-hydrogen) atoms. The van der Waals surface area contributed by atoms with Crippen LogP contribution in [0.5, 0.6) is 5.75 Å². The molecule has 0 aromatic heterocycles. The molecule has 1 saturated heterocycles. The van der Waals surface area contributed by atoms with E-state index in [1.165, 1.54) is 19.3 Å². The quantitative estimate of drug-likeness (QED) is 0.923. The molecule has 1 aliphatic carbocycles. The van der Waals surface area contributed by atoms with Crippen LogP contribution in [-0.4, -0.2) is 24.8 Å². The lowest BCUT2D eigenvalue weighted by Crippen LogP contribution is -2.36. The van der Waals surface area contributed by atoms with Crippen molar-refractivity contribution in [1.29, 1.82) is 0 Å². The van der Waals surface area contributed by atoms with Crippen LogP contribution in [0, 0.1) is 0 Å². The molecule has 1 heterocycles. The summed E-state index contributed by atoms with van der Waals surface area (Å²) in [5.74, 6) is 0.786. The van der Waals surface area contributed by atoms with E-state index < -0.39 is 0 Å². The first-order valence-electron chi connectivity index (χ1n) is 8.50. The highest BCUT2D eigenvalue weighted by molar-refractivity contribution is 5.94. The van der Waals surface area contributed by atoms with Crippen LogP contribution in [0.25, 0.3) is 0 Å². The van der Waals surface area contributed by atoms with Crippen molar-refractivity contribution in [2.24, 2.45) is 0 Å². The topological polar surface area (TPSA) is 47.6 Å². The highest BCUT2D eigenvalue weighted by Gasteiger charge is 2.17. The van der Waals surface area contributed by atoms with Gasteiger partial charge in [0.05, 0.1) is 6.61 Å². The Morgan fingerprint density at radius 1 is 1.00 bits per heavy atom. The number of carbonyl (C=O) groups is 1. The first-order chi connectivity index (χ1) is 10.8. The predicted octanol–water partition coefficient (Wildman–Crippen LogP) is 3.65. The minimum atomic E-state index is -0.143. The van der Waals surface area contributed by atoms with E-state index in [2.05, 4.69) is 5.32 Å². The number of carbonyl (C=O) groups excluding carboxylic acids is 1. The highest BCUT2D eigenvalue weighted by atomic mass is 16.7. The molecule has 4 nitrogen and oxygen atoms in total. The molecule has 1 aliphatic heterocycles. The third kappa shape index (κ3) is 4.23. The van der Waals surface area contributed by atoms with Gasteiger partial charge in [0.2, 0.25) is 0 Å². The Hall–Kier alpha value is -1.55. The molecule has 0 spiro atoms. The van der Waals surface area contributed by atoms with E-state index in [1.54, 1.807) is 0 Å². The fraction of sp³-hybridized carbons (Fsp3) is 0.611. The van der Waals surface area contributed by atoms with Crippen molar-refractivity contribution in [3.05, 3.63) is 29.8 Å². The molecule has 4 heteroatoms. The standard InChI is InChI=1S/C18H25NO3/c20-18(19-15-6-2-1-3-7-15)14-9-11-16(12-10-14)22-17-8-4-5-13-21-17/h9-12,15,17H,1-8,13H2,(H,19,20). The molecule has 2 aliphatic rings. The zero-order chi connectivity index (χ0) is 15.2. The third-order valence-electron chi connectivity index (χ3n) is 4.46. The van der Waals surface area contributed by atoms with Gasteiger partial charge in [0.25, 0.3) is 5.91 Å². The van der Waals surface area contributed by atoms with Crippen LogP contribution in [0.2, 0.25) is 0 Å². The molecule has 1 saturated carbocycles. The summed E-state index contributed by atoms with van der Waals surface area (Å²) in [6, 6.07) is 7.71. The minimum Gasteiger partial charge on any atom is -0.465 e. The van der Waals surface area contributed by atoms with Crippen molar-refractivity contribution < 1.29 is 14.3 Å². The monoisotopic (exact) mass is 303 g/mol. The zero-order valence-corrected chi connectivity index (χ0v) is 13.1. The molecular formula is C18H25NO3. The van der Waals surface area contributed by atoms with Crippen molar-refractivity contribution in [3.63, 3.8) is 0 Å². The molecule has 1 amide bonds. The van der Waals surface area contributed by atoms with Crippen molar-refractivity contribution >= 4 is 5.91 Å². The number of amides is 1. The SMILES string of the molecule is O=C(NC1CCCCC1)c1ccc(OC2CCCCO2)cc1.